The van der Waals surface area contributed by atoms with Gasteiger partial charge in [-0.05, 0) is 39.7 Å². The van der Waals surface area contributed by atoms with Gasteiger partial charge in [0.05, 0.1) is 23.8 Å². The van der Waals surface area contributed by atoms with Crippen molar-refractivity contribution in [1.82, 2.24) is 0 Å². The molecule has 0 amide bonds. The van der Waals surface area contributed by atoms with Crippen molar-refractivity contribution in [2.24, 2.45) is 5.41 Å². The Morgan fingerprint density at radius 3 is 2.72 bits per heavy atom. The molecule has 0 aliphatic carbocycles. The third kappa shape index (κ3) is 4.35. The van der Waals surface area contributed by atoms with Crippen molar-refractivity contribution in [2.75, 3.05) is 6.61 Å². The molecular formula is C14H20O4. The number of carbonyl (C=O) groups excluding carboxylic acids is 2. The number of aryl methyl sites for hydroxylation is 1. The Hall–Kier alpha value is -1.58. The number of unbranched alkanes of at least 4 members (excludes halogenated alkanes) is 1. The van der Waals surface area contributed by atoms with Crippen LogP contribution < -0.4 is 0 Å². The number of furan rings is 1. The van der Waals surface area contributed by atoms with Crippen LogP contribution in [0.2, 0.25) is 0 Å². The molecule has 1 aromatic heterocycles. The summed E-state index contributed by atoms with van der Waals surface area (Å²) >= 11 is 0. The highest BCUT2D eigenvalue weighted by Gasteiger charge is 2.22. The van der Waals surface area contributed by atoms with E-state index in [9.17, 15) is 9.59 Å². The molecule has 0 unspecified atom stereocenters. The number of carbonyl (C=O) groups is 2. The van der Waals surface area contributed by atoms with Gasteiger partial charge in [0.2, 0.25) is 0 Å². The fraction of sp³-hybridized carbons (Fsp3) is 0.571. The summed E-state index contributed by atoms with van der Waals surface area (Å²) in [6.45, 7) is 5.89. The Bertz CT molecular complexity index is 398. The summed E-state index contributed by atoms with van der Waals surface area (Å²) in [5, 5.41) is 0. The SMILES string of the molecule is CC(C)(C)C(=O)OCCCCc1occc1C=O. The van der Waals surface area contributed by atoms with Crippen molar-refractivity contribution < 1.29 is 18.7 Å². The van der Waals surface area contributed by atoms with E-state index in [0.717, 1.165) is 19.1 Å². The number of hydrogen-bond acceptors (Lipinski definition) is 4. The Morgan fingerprint density at radius 2 is 2.11 bits per heavy atom. The van der Waals surface area contributed by atoms with Crippen LogP contribution in [-0.2, 0) is 16.0 Å². The summed E-state index contributed by atoms with van der Waals surface area (Å²) in [6.07, 6.45) is 4.58. The molecule has 0 N–H and O–H groups in total. The topological polar surface area (TPSA) is 56.5 Å². The van der Waals surface area contributed by atoms with Crippen molar-refractivity contribution in [3.05, 3.63) is 23.7 Å². The van der Waals surface area contributed by atoms with Gasteiger partial charge < -0.3 is 9.15 Å². The van der Waals surface area contributed by atoms with E-state index in [4.69, 9.17) is 9.15 Å². The number of ether oxygens (including phenoxy) is 1. The maximum absolute atomic E-state index is 11.5. The standard InChI is InChI=1S/C14H20O4/c1-14(2,3)13(16)18-8-5-4-6-12-11(10-15)7-9-17-12/h7,9-10H,4-6,8H2,1-3H3. The third-order valence-electron chi connectivity index (χ3n) is 2.55. The molecule has 0 saturated carbocycles. The van der Waals surface area contributed by atoms with Gasteiger partial charge in [-0.2, -0.15) is 0 Å². The van der Waals surface area contributed by atoms with Crippen LogP contribution in [0.5, 0.6) is 0 Å². The van der Waals surface area contributed by atoms with Gasteiger partial charge in [0.25, 0.3) is 0 Å². The quantitative estimate of drug-likeness (QED) is 0.443. The average molecular weight is 252 g/mol. The van der Waals surface area contributed by atoms with E-state index in [0.29, 0.717) is 24.4 Å². The summed E-state index contributed by atoms with van der Waals surface area (Å²) in [4.78, 5) is 22.1. The molecular weight excluding hydrogens is 232 g/mol. The van der Waals surface area contributed by atoms with E-state index in [2.05, 4.69) is 0 Å². The molecule has 0 radical (unpaired) electrons. The molecule has 4 nitrogen and oxygen atoms in total. The number of esters is 1. The minimum absolute atomic E-state index is 0.186. The highest BCUT2D eigenvalue weighted by atomic mass is 16.5. The lowest BCUT2D eigenvalue weighted by atomic mass is 9.97. The van der Waals surface area contributed by atoms with Crippen LogP contribution in [-0.4, -0.2) is 18.9 Å². The Morgan fingerprint density at radius 1 is 1.39 bits per heavy atom. The van der Waals surface area contributed by atoms with Gasteiger partial charge in [0.15, 0.2) is 6.29 Å². The molecule has 0 fully saturated rings. The largest absolute Gasteiger partial charge is 0.469 e. The lowest BCUT2D eigenvalue weighted by Gasteiger charge is -2.16. The van der Waals surface area contributed by atoms with Gasteiger partial charge in [-0.25, -0.2) is 0 Å². The van der Waals surface area contributed by atoms with E-state index in [1.54, 1.807) is 6.07 Å². The summed E-state index contributed by atoms with van der Waals surface area (Å²) in [5.41, 5.74) is 0.146. The van der Waals surface area contributed by atoms with E-state index in [1.807, 2.05) is 20.8 Å². The Labute approximate surface area is 107 Å². The van der Waals surface area contributed by atoms with Gasteiger partial charge in [-0.1, -0.05) is 0 Å². The summed E-state index contributed by atoms with van der Waals surface area (Å²) in [6, 6.07) is 1.65. The van der Waals surface area contributed by atoms with Gasteiger partial charge in [-0.3, -0.25) is 9.59 Å². The van der Waals surface area contributed by atoms with Crippen LogP contribution in [0.4, 0.5) is 0 Å². The molecule has 1 rings (SSSR count). The zero-order valence-corrected chi connectivity index (χ0v) is 11.2. The molecule has 0 saturated heterocycles. The highest BCUT2D eigenvalue weighted by Crippen LogP contribution is 2.16. The zero-order valence-electron chi connectivity index (χ0n) is 11.2. The summed E-state index contributed by atoms with van der Waals surface area (Å²) in [5.74, 6) is 0.515. The van der Waals surface area contributed by atoms with E-state index in [-0.39, 0.29) is 5.97 Å². The minimum atomic E-state index is -0.453. The molecule has 1 aromatic rings. The van der Waals surface area contributed by atoms with Crippen molar-refractivity contribution in [3.63, 3.8) is 0 Å². The number of aldehydes is 1. The third-order valence-corrected chi connectivity index (χ3v) is 2.55. The molecule has 0 bridgehead atoms. The van der Waals surface area contributed by atoms with E-state index < -0.39 is 5.41 Å². The second-order valence-corrected chi connectivity index (χ2v) is 5.26. The first-order valence-electron chi connectivity index (χ1n) is 6.14. The molecule has 18 heavy (non-hydrogen) atoms. The summed E-state index contributed by atoms with van der Waals surface area (Å²) < 4.78 is 10.3. The fourth-order valence-electron chi connectivity index (χ4n) is 1.43. The monoisotopic (exact) mass is 252 g/mol. The molecule has 100 valence electrons. The van der Waals surface area contributed by atoms with Crippen molar-refractivity contribution in [2.45, 2.75) is 40.0 Å². The first-order chi connectivity index (χ1) is 8.45. The van der Waals surface area contributed by atoms with Gasteiger partial charge >= 0.3 is 5.97 Å². The molecule has 0 aromatic carbocycles. The zero-order chi connectivity index (χ0) is 13.6. The lowest BCUT2D eigenvalue weighted by Crippen LogP contribution is -2.23. The lowest BCUT2D eigenvalue weighted by molar-refractivity contribution is -0.153. The normalized spacial score (nSPS) is 11.3. The molecule has 0 aliphatic rings. The summed E-state index contributed by atoms with van der Waals surface area (Å²) in [7, 11) is 0. The average Bonchev–Trinajstić information content (AvgIpc) is 2.74. The number of rotatable bonds is 6. The van der Waals surface area contributed by atoms with E-state index >= 15 is 0 Å². The van der Waals surface area contributed by atoms with Crippen LogP contribution in [0.3, 0.4) is 0 Å². The molecule has 1 heterocycles. The first-order valence-corrected chi connectivity index (χ1v) is 6.14. The first kappa shape index (κ1) is 14.5. The van der Waals surface area contributed by atoms with Crippen LogP contribution in [0.1, 0.15) is 49.7 Å². The second kappa shape index (κ2) is 6.38. The van der Waals surface area contributed by atoms with Gasteiger partial charge in [0.1, 0.15) is 5.76 Å². The van der Waals surface area contributed by atoms with E-state index in [1.165, 1.54) is 6.26 Å². The smallest absolute Gasteiger partial charge is 0.311 e. The van der Waals surface area contributed by atoms with Crippen molar-refractivity contribution >= 4 is 12.3 Å². The molecule has 0 spiro atoms. The predicted octanol–water partition coefficient (Wildman–Crippen LogP) is 3.00. The predicted molar refractivity (Wildman–Crippen MR) is 67.4 cm³/mol. The Kier molecular flexibility index (Phi) is 5.13. The van der Waals surface area contributed by atoms with Crippen LogP contribution in [0.25, 0.3) is 0 Å². The fourth-order valence-corrected chi connectivity index (χ4v) is 1.43. The highest BCUT2D eigenvalue weighted by molar-refractivity contribution is 5.76. The molecule has 4 heteroatoms. The van der Waals surface area contributed by atoms with Crippen molar-refractivity contribution in [1.29, 1.82) is 0 Å². The maximum atomic E-state index is 11.5. The van der Waals surface area contributed by atoms with Crippen LogP contribution >= 0.6 is 0 Å². The maximum Gasteiger partial charge on any atom is 0.311 e. The van der Waals surface area contributed by atoms with Crippen molar-refractivity contribution in [3.8, 4) is 0 Å². The number of hydrogen-bond donors (Lipinski definition) is 0. The second-order valence-electron chi connectivity index (χ2n) is 5.26. The minimum Gasteiger partial charge on any atom is -0.469 e. The van der Waals surface area contributed by atoms with Gasteiger partial charge in [0, 0.05) is 6.42 Å². The molecule has 0 atom stereocenters. The van der Waals surface area contributed by atoms with Gasteiger partial charge in [-0.15, -0.1) is 0 Å². The van der Waals surface area contributed by atoms with Crippen LogP contribution in [0, 0.1) is 5.41 Å². The van der Waals surface area contributed by atoms with Crippen LogP contribution in [0.15, 0.2) is 16.7 Å². The molecule has 0 aliphatic heterocycles. The Balaban J connectivity index is 2.20.